The van der Waals surface area contributed by atoms with Crippen molar-refractivity contribution in [3.05, 3.63) is 23.3 Å². The molecule has 0 radical (unpaired) electrons. The van der Waals surface area contributed by atoms with Gasteiger partial charge < -0.3 is 5.11 Å². The minimum absolute atomic E-state index is 0.0482. The predicted molar refractivity (Wildman–Crippen MR) is 91.9 cm³/mol. The normalized spacial score (nSPS) is 49.0. The smallest absolute Gasteiger partial charge is 0.155 e. The van der Waals surface area contributed by atoms with Gasteiger partial charge in [0.15, 0.2) is 5.78 Å². The molecule has 23 heavy (non-hydrogen) atoms. The quantitative estimate of drug-likeness (QED) is 0.727. The van der Waals surface area contributed by atoms with E-state index in [0.29, 0.717) is 29.6 Å². The number of hydrogen-bond donors (Lipinski definition) is 1. The first kappa shape index (κ1) is 15.6. The summed E-state index contributed by atoms with van der Waals surface area (Å²) in [6.45, 7) is 7.09. The highest BCUT2D eigenvalue weighted by molar-refractivity contribution is 5.91. The van der Waals surface area contributed by atoms with Crippen molar-refractivity contribution < 1.29 is 9.90 Å². The fourth-order valence-corrected chi connectivity index (χ4v) is 6.81. The lowest BCUT2D eigenvalue weighted by Crippen LogP contribution is -2.53. The Morgan fingerprint density at radius 2 is 2.00 bits per heavy atom. The first-order chi connectivity index (χ1) is 10.9. The molecule has 0 bridgehead atoms. The van der Waals surface area contributed by atoms with E-state index in [1.54, 1.807) is 11.6 Å². The summed E-state index contributed by atoms with van der Waals surface area (Å²) in [7, 11) is 0. The molecule has 1 N–H and O–H groups in total. The molecule has 126 valence electrons. The first-order valence-electron chi connectivity index (χ1n) is 9.52. The largest absolute Gasteiger partial charge is 0.389 e. The lowest BCUT2D eigenvalue weighted by Gasteiger charge is -2.59. The zero-order valence-corrected chi connectivity index (χ0v) is 14.8. The molecule has 2 saturated carbocycles. The third-order valence-corrected chi connectivity index (χ3v) is 8.10. The van der Waals surface area contributed by atoms with Crippen LogP contribution in [0.2, 0.25) is 0 Å². The van der Waals surface area contributed by atoms with E-state index in [4.69, 9.17) is 0 Å². The lowest BCUT2D eigenvalue weighted by molar-refractivity contribution is -0.118. The van der Waals surface area contributed by atoms with Gasteiger partial charge in [0, 0.05) is 6.42 Å². The minimum Gasteiger partial charge on any atom is -0.389 e. The summed E-state index contributed by atoms with van der Waals surface area (Å²) in [5.74, 6) is 2.17. The Kier molecular flexibility index (Phi) is 3.43. The lowest BCUT2D eigenvalue weighted by atomic mass is 9.46. The summed E-state index contributed by atoms with van der Waals surface area (Å²) in [6, 6.07) is 0. The topological polar surface area (TPSA) is 37.3 Å². The summed E-state index contributed by atoms with van der Waals surface area (Å²) < 4.78 is 0. The molecule has 6 atom stereocenters. The number of aliphatic hydroxyl groups is 1. The summed E-state index contributed by atoms with van der Waals surface area (Å²) in [5, 5.41) is 10.8. The van der Waals surface area contributed by atoms with Gasteiger partial charge >= 0.3 is 0 Å². The minimum atomic E-state index is -0.404. The summed E-state index contributed by atoms with van der Waals surface area (Å²) in [6.07, 6.45) is 11.3. The average molecular weight is 314 g/mol. The van der Waals surface area contributed by atoms with E-state index >= 15 is 0 Å². The number of allylic oxidation sites excluding steroid dienone is 3. The van der Waals surface area contributed by atoms with Crippen LogP contribution in [0, 0.1) is 28.6 Å². The van der Waals surface area contributed by atoms with Crippen molar-refractivity contribution in [2.75, 3.05) is 0 Å². The van der Waals surface area contributed by atoms with Crippen LogP contribution < -0.4 is 0 Å². The molecule has 2 heteroatoms. The number of aliphatic hydroxyl groups excluding tert-OH is 1. The molecule has 4 aliphatic carbocycles. The molecule has 0 spiro atoms. The van der Waals surface area contributed by atoms with Gasteiger partial charge in [-0.2, -0.15) is 0 Å². The maximum absolute atomic E-state index is 11.9. The van der Waals surface area contributed by atoms with Crippen molar-refractivity contribution in [3.8, 4) is 0 Å². The van der Waals surface area contributed by atoms with Crippen molar-refractivity contribution in [2.24, 2.45) is 28.6 Å². The van der Waals surface area contributed by atoms with Gasteiger partial charge in [-0.15, -0.1) is 0 Å². The van der Waals surface area contributed by atoms with Gasteiger partial charge in [-0.3, -0.25) is 4.79 Å². The molecule has 0 amide bonds. The van der Waals surface area contributed by atoms with Crippen molar-refractivity contribution in [1.29, 1.82) is 0 Å². The maximum atomic E-state index is 11.9. The van der Waals surface area contributed by atoms with Crippen LogP contribution in [-0.4, -0.2) is 17.0 Å². The van der Waals surface area contributed by atoms with Crippen molar-refractivity contribution in [1.82, 2.24) is 0 Å². The van der Waals surface area contributed by atoms with Gasteiger partial charge in [0.25, 0.3) is 0 Å². The van der Waals surface area contributed by atoms with Crippen LogP contribution in [0.5, 0.6) is 0 Å². The van der Waals surface area contributed by atoms with Crippen LogP contribution in [0.3, 0.4) is 0 Å². The van der Waals surface area contributed by atoms with E-state index in [-0.39, 0.29) is 11.2 Å². The van der Waals surface area contributed by atoms with Crippen molar-refractivity contribution in [2.45, 2.75) is 71.8 Å². The Hall–Kier alpha value is -0.890. The number of carbonyl (C=O) groups is 1. The molecule has 4 rings (SSSR count). The standard InChI is InChI=1S/C21H30O2/c1-4-13-5-6-16-15-12-19(23)18-11-14(22)7-9-21(18,3)17(15)8-10-20(13,16)2/h5,11,15-17,19,23H,4,6-10,12H2,1-3H3/t15?,16?,17?,19-,20-,21-/m1/s1. The number of carbonyl (C=O) groups excluding carboxylic acids is 1. The number of ketones is 1. The number of hydrogen-bond acceptors (Lipinski definition) is 2. The highest BCUT2D eigenvalue weighted by atomic mass is 16.3. The zero-order valence-electron chi connectivity index (χ0n) is 14.8. The highest BCUT2D eigenvalue weighted by Crippen LogP contribution is 2.65. The molecule has 3 unspecified atom stereocenters. The van der Waals surface area contributed by atoms with Crippen LogP contribution in [-0.2, 0) is 4.79 Å². The van der Waals surface area contributed by atoms with Gasteiger partial charge in [0.2, 0.25) is 0 Å². The number of rotatable bonds is 1. The Morgan fingerprint density at radius 1 is 1.22 bits per heavy atom. The summed E-state index contributed by atoms with van der Waals surface area (Å²) in [4.78, 5) is 11.9. The van der Waals surface area contributed by atoms with Gasteiger partial charge in [-0.05, 0) is 78.8 Å². The summed E-state index contributed by atoms with van der Waals surface area (Å²) >= 11 is 0. The fraction of sp³-hybridized carbons (Fsp3) is 0.762. The molecular formula is C21H30O2. The fourth-order valence-electron chi connectivity index (χ4n) is 6.81. The third kappa shape index (κ3) is 2.00. The molecule has 4 aliphatic rings. The molecule has 0 aliphatic heterocycles. The Morgan fingerprint density at radius 3 is 2.74 bits per heavy atom. The second-order valence-corrected chi connectivity index (χ2v) is 8.89. The van der Waals surface area contributed by atoms with E-state index in [1.165, 1.54) is 25.7 Å². The van der Waals surface area contributed by atoms with Gasteiger partial charge in [-0.1, -0.05) is 32.4 Å². The van der Waals surface area contributed by atoms with E-state index in [1.807, 2.05) is 0 Å². The molecule has 0 heterocycles. The van der Waals surface area contributed by atoms with Gasteiger partial charge in [0.05, 0.1) is 6.10 Å². The zero-order chi connectivity index (χ0) is 16.4. The molecule has 0 aromatic rings. The maximum Gasteiger partial charge on any atom is 0.155 e. The van der Waals surface area contributed by atoms with Crippen LogP contribution >= 0.6 is 0 Å². The highest BCUT2D eigenvalue weighted by Gasteiger charge is 2.58. The SMILES string of the molecule is CCC1=CCC2C3C[C@@H](O)C4=CC(=O)CC[C@]4(C)C3CC[C@]12C. The van der Waals surface area contributed by atoms with Crippen molar-refractivity contribution in [3.63, 3.8) is 0 Å². The number of fused-ring (bicyclic) bond motifs is 5. The van der Waals surface area contributed by atoms with Gasteiger partial charge in [0.1, 0.15) is 0 Å². The van der Waals surface area contributed by atoms with Crippen molar-refractivity contribution >= 4 is 5.78 Å². The van der Waals surface area contributed by atoms with Crippen LogP contribution in [0.15, 0.2) is 23.3 Å². The third-order valence-electron chi connectivity index (χ3n) is 8.10. The monoisotopic (exact) mass is 314 g/mol. The molecular weight excluding hydrogens is 284 g/mol. The van der Waals surface area contributed by atoms with Crippen LogP contribution in [0.4, 0.5) is 0 Å². The van der Waals surface area contributed by atoms with E-state index < -0.39 is 6.10 Å². The van der Waals surface area contributed by atoms with Crippen LogP contribution in [0.25, 0.3) is 0 Å². The second-order valence-electron chi connectivity index (χ2n) is 8.89. The first-order valence-corrected chi connectivity index (χ1v) is 9.52. The van der Waals surface area contributed by atoms with Crippen LogP contribution in [0.1, 0.15) is 65.7 Å². The average Bonchev–Trinajstić information content (AvgIpc) is 2.86. The Bertz CT molecular complexity index is 601. The molecule has 2 nitrogen and oxygen atoms in total. The van der Waals surface area contributed by atoms with Gasteiger partial charge in [-0.25, -0.2) is 0 Å². The summed E-state index contributed by atoms with van der Waals surface area (Å²) in [5.41, 5.74) is 3.12. The van der Waals surface area contributed by atoms with E-state index in [9.17, 15) is 9.90 Å². The Labute approximate surface area is 140 Å². The van der Waals surface area contributed by atoms with E-state index in [0.717, 1.165) is 18.4 Å². The molecule has 0 aromatic carbocycles. The van der Waals surface area contributed by atoms with E-state index in [2.05, 4.69) is 26.8 Å². The molecule has 2 fully saturated rings. The second kappa shape index (κ2) is 5.05. The predicted octanol–water partition coefficient (Wildman–Crippen LogP) is 4.44. The molecule has 0 saturated heterocycles. The molecule has 0 aromatic heterocycles. The Balaban J connectivity index is 1.71.